The van der Waals surface area contributed by atoms with Crippen LogP contribution in [0.15, 0.2) is 57.9 Å². The van der Waals surface area contributed by atoms with Crippen molar-refractivity contribution in [2.45, 2.75) is 23.4 Å². The summed E-state index contributed by atoms with van der Waals surface area (Å²) in [5.41, 5.74) is 1.45. The third-order valence-electron chi connectivity index (χ3n) is 4.32. The van der Waals surface area contributed by atoms with E-state index in [9.17, 15) is 26.4 Å². The van der Waals surface area contributed by atoms with Gasteiger partial charge in [-0.05, 0) is 54.3 Å². The van der Waals surface area contributed by atoms with Gasteiger partial charge in [-0.1, -0.05) is 28.1 Å². The first-order valence-corrected chi connectivity index (χ1v) is 10.6. The zero-order chi connectivity index (χ0) is 20.5. The van der Waals surface area contributed by atoms with Gasteiger partial charge in [-0.15, -0.1) is 0 Å². The van der Waals surface area contributed by atoms with Gasteiger partial charge in [0.2, 0.25) is 15.9 Å². The highest BCUT2D eigenvalue weighted by Crippen LogP contribution is 2.48. The monoisotopic (exact) mass is 476 g/mol. The van der Waals surface area contributed by atoms with Gasteiger partial charge in [-0.3, -0.25) is 4.79 Å². The fourth-order valence-corrected chi connectivity index (χ4v) is 4.05. The van der Waals surface area contributed by atoms with E-state index in [0.29, 0.717) is 5.69 Å². The van der Waals surface area contributed by atoms with Crippen LogP contribution in [-0.4, -0.2) is 27.0 Å². The van der Waals surface area contributed by atoms with E-state index in [0.717, 1.165) is 28.6 Å². The number of hydrogen-bond acceptors (Lipinski definition) is 3. The molecule has 2 aromatic rings. The summed E-state index contributed by atoms with van der Waals surface area (Å²) in [6.07, 6.45) is -3.92. The predicted molar refractivity (Wildman–Crippen MR) is 101 cm³/mol. The molecule has 0 heterocycles. The number of sulfonamides is 1. The maximum Gasteiger partial charge on any atom is 0.402 e. The maximum atomic E-state index is 12.3. The van der Waals surface area contributed by atoms with Gasteiger partial charge >= 0.3 is 6.18 Å². The van der Waals surface area contributed by atoms with Crippen molar-refractivity contribution in [2.75, 3.05) is 11.9 Å². The molecule has 1 aliphatic carbocycles. The van der Waals surface area contributed by atoms with Gasteiger partial charge in [-0.2, -0.15) is 13.2 Å². The Balaban J connectivity index is 1.59. The summed E-state index contributed by atoms with van der Waals surface area (Å²) in [7, 11) is -4.28. The van der Waals surface area contributed by atoms with Crippen LogP contribution in [0.2, 0.25) is 0 Å². The number of alkyl halides is 3. The van der Waals surface area contributed by atoms with Gasteiger partial charge in [0, 0.05) is 16.1 Å². The highest BCUT2D eigenvalue weighted by Gasteiger charge is 2.43. The molecule has 0 radical (unpaired) electrons. The van der Waals surface area contributed by atoms with Crippen molar-refractivity contribution in [1.29, 1.82) is 0 Å². The lowest BCUT2D eigenvalue weighted by Crippen LogP contribution is -2.33. The number of amides is 1. The van der Waals surface area contributed by atoms with E-state index < -0.39 is 22.7 Å². The highest BCUT2D eigenvalue weighted by molar-refractivity contribution is 9.10. The van der Waals surface area contributed by atoms with Crippen LogP contribution < -0.4 is 10.0 Å². The van der Waals surface area contributed by atoms with Crippen LogP contribution in [0.5, 0.6) is 0 Å². The van der Waals surface area contributed by atoms with Crippen LogP contribution >= 0.6 is 15.9 Å². The summed E-state index contributed by atoms with van der Waals surface area (Å²) >= 11 is 3.36. The van der Waals surface area contributed by atoms with Crippen LogP contribution in [0.4, 0.5) is 18.9 Å². The summed E-state index contributed by atoms with van der Waals surface area (Å²) in [5, 5.41) is 2.71. The minimum absolute atomic E-state index is 0.138. The van der Waals surface area contributed by atoms with Crippen molar-refractivity contribution >= 4 is 37.5 Å². The molecule has 0 aromatic heterocycles. The quantitative estimate of drug-likeness (QED) is 0.660. The number of benzene rings is 2. The molecule has 150 valence electrons. The maximum absolute atomic E-state index is 12.3. The minimum atomic E-state index is -4.64. The Morgan fingerprint density at radius 3 is 2.25 bits per heavy atom. The van der Waals surface area contributed by atoms with Crippen LogP contribution in [0.25, 0.3) is 0 Å². The first-order valence-electron chi connectivity index (χ1n) is 8.28. The second-order valence-electron chi connectivity index (χ2n) is 6.45. The molecule has 0 saturated heterocycles. The summed E-state index contributed by atoms with van der Waals surface area (Å²) in [5.74, 6) is -0.212. The molecule has 1 saturated carbocycles. The number of halogens is 4. The Morgan fingerprint density at radius 2 is 1.68 bits per heavy atom. The number of nitrogens with one attached hydrogen (secondary N) is 2. The average Bonchev–Trinajstić information content (AvgIpc) is 3.42. The lowest BCUT2D eigenvalue weighted by Gasteiger charge is -2.10. The van der Waals surface area contributed by atoms with E-state index in [2.05, 4.69) is 21.2 Å². The van der Waals surface area contributed by atoms with E-state index in [1.807, 2.05) is 24.3 Å². The van der Waals surface area contributed by atoms with E-state index in [1.54, 1.807) is 0 Å². The van der Waals surface area contributed by atoms with Crippen LogP contribution in [0.3, 0.4) is 0 Å². The van der Waals surface area contributed by atoms with Crippen LogP contribution in [0, 0.1) is 5.92 Å². The summed E-state index contributed by atoms with van der Waals surface area (Å²) < 4.78 is 62.7. The van der Waals surface area contributed by atoms with E-state index >= 15 is 0 Å². The zero-order valence-electron chi connectivity index (χ0n) is 14.3. The fraction of sp³-hybridized carbons (Fsp3) is 0.278. The van der Waals surface area contributed by atoms with Crippen molar-refractivity contribution in [3.8, 4) is 0 Å². The van der Waals surface area contributed by atoms with Gasteiger partial charge in [0.05, 0.1) is 4.90 Å². The lowest BCUT2D eigenvalue weighted by molar-refractivity contribution is -0.121. The molecule has 0 bridgehead atoms. The highest BCUT2D eigenvalue weighted by atomic mass is 79.9. The third kappa shape index (κ3) is 5.33. The summed E-state index contributed by atoms with van der Waals surface area (Å²) in [6.45, 7) is -1.65. The zero-order valence-corrected chi connectivity index (χ0v) is 16.7. The van der Waals surface area contributed by atoms with Crippen molar-refractivity contribution in [1.82, 2.24) is 4.72 Å². The standard InChI is InChI=1S/C18H16BrF3N2O3S/c19-12-3-1-11(2-4-12)15-9-16(15)17(25)24-13-5-7-14(8-6-13)28(26,27)23-10-18(20,21)22/h1-8,15-16,23H,9-10H2,(H,24,25). The van der Waals surface area contributed by atoms with Crippen molar-refractivity contribution in [2.24, 2.45) is 5.92 Å². The van der Waals surface area contributed by atoms with Gasteiger partial charge in [-0.25, -0.2) is 13.1 Å². The molecular weight excluding hydrogens is 461 g/mol. The van der Waals surface area contributed by atoms with Crippen molar-refractivity contribution in [3.05, 3.63) is 58.6 Å². The molecule has 10 heteroatoms. The SMILES string of the molecule is O=C(Nc1ccc(S(=O)(=O)NCC(F)(F)F)cc1)C1CC1c1ccc(Br)cc1. The van der Waals surface area contributed by atoms with Crippen molar-refractivity contribution in [3.63, 3.8) is 0 Å². The van der Waals surface area contributed by atoms with Crippen molar-refractivity contribution < 1.29 is 26.4 Å². The smallest absolute Gasteiger partial charge is 0.326 e. The molecule has 5 nitrogen and oxygen atoms in total. The summed E-state index contributed by atoms with van der Waals surface area (Å²) in [4.78, 5) is 12.0. The number of carbonyl (C=O) groups is 1. The second-order valence-corrected chi connectivity index (χ2v) is 9.14. The van der Waals surface area contributed by atoms with Gasteiger partial charge in [0.1, 0.15) is 6.54 Å². The molecule has 1 aliphatic rings. The normalized spacial score (nSPS) is 19.3. The lowest BCUT2D eigenvalue weighted by atomic mass is 10.1. The topological polar surface area (TPSA) is 75.3 Å². The minimum Gasteiger partial charge on any atom is -0.326 e. The Hall–Kier alpha value is -1.91. The van der Waals surface area contributed by atoms with Gasteiger partial charge in [0.15, 0.2) is 0 Å². The first-order chi connectivity index (χ1) is 13.0. The number of rotatable bonds is 6. The average molecular weight is 477 g/mol. The second kappa shape index (κ2) is 7.84. The number of carbonyl (C=O) groups excluding carboxylic acids is 1. The van der Waals surface area contributed by atoms with Crippen LogP contribution in [0.1, 0.15) is 17.9 Å². The molecule has 2 N–H and O–H groups in total. The molecule has 0 spiro atoms. The molecule has 1 fully saturated rings. The molecule has 1 amide bonds. The fourth-order valence-electron chi connectivity index (χ4n) is 2.78. The van der Waals surface area contributed by atoms with Gasteiger partial charge in [0.25, 0.3) is 0 Å². The van der Waals surface area contributed by atoms with E-state index in [-0.39, 0.29) is 22.6 Å². The largest absolute Gasteiger partial charge is 0.402 e. The Kier molecular flexibility index (Phi) is 5.83. The Bertz CT molecular complexity index is 961. The Morgan fingerprint density at radius 1 is 1.07 bits per heavy atom. The molecule has 2 unspecified atom stereocenters. The third-order valence-corrected chi connectivity index (χ3v) is 6.27. The summed E-state index contributed by atoms with van der Waals surface area (Å²) in [6, 6.07) is 12.7. The molecule has 0 aliphatic heterocycles. The molecular formula is C18H16BrF3N2O3S. The molecule has 28 heavy (non-hydrogen) atoms. The molecule has 2 atom stereocenters. The van der Waals surface area contributed by atoms with Gasteiger partial charge < -0.3 is 5.32 Å². The number of hydrogen-bond donors (Lipinski definition) is 2. The van der Waals surface area contributed by atoms with Crippen LogP contribution in [-0.2, 0) is 14.8 Å². The molecule has 2 aromatic carbocycles. The first kappa shape index (κ1) is 20.8. The van der Waals surface area contributed by atoms with E-state index in [4.69, 9.17) is 0 Å². The molecule has 3 rings (SSSR count). The Labute approximate surface area is 168 Å². The predicted octanol–water partition coefficient (Wildman–Crippen LogP) is 4.03. The van der Waals surface area contributed by atoms with E-state index in [1.165, 1.54) is 16.9 Å². The number of anilines is 1.